The molecule has 2 N–H and O–H groups in total. The zero-order chi connectivity index (χ0) is 12.8. The molecule has 4 rings (SSSR count). The molecule has 0 bridgehead atoms. The van der Waals surface area contributed by atoms with Crippen LogP contribution in [-0.2, 0) is 12.8 Å². The van der Waals surface area contributed by atoms with Crippen molar-refractivity contribution in [2.24, 2.45) is 0 Å². The Balaban J connectivity index is 1.73. The summed E-state index contributed by atoms with van der Waals surface area (Å²) in [6, 6.07) is 14.2. The molecule has 0 spiro atoms. The van der Waals surface area contributed by atoms with E-state index in [0.717, 1.165) is 35.5 Å². The second kappa shape index (κ2) is 3.85. The Labute approximate surface area is 111 Å². The topological polar surface area (TPSA) is 52.0 Å². The first-order valence-electron chi connectivity index (χ1n) is 6.52. The molecule has 1 aliphatic rings. The van der Waals surface area contributed by atoms with Crippen LogP contribution in [0, 0.1) is 0 Å². The van der Waals surface area contributed by atoms with E-state index in [9.17, 15) is 0 Å². The average Bonchev–Trinajstić information content (AvgIpc) is 3.00. The lowest BCUT2D eigenvalue weighted by atomic mass is 10.1. The summed E-state index contributed by atoms with van der Waals surface area (Å²) in [5.41, 5.74) is 11.0. The number of nitrogens with zero attached hydrogens (tertiary/aromatic N) is 1. The van der Waals surface area contributed by atoms with Crippen molar-refractivity contribution in [3.05, 3.63) is 59.5 Å². The first-order chi connectivity index (χ1) is 9.29. The molecule has 0 fully saturated rings. The number of fused-ring (bicyclic) bond motifs is 2. The summed E-state index contributed by atoms with van der Waals surface area (Å²) in [5, 5.41) is 0. The maximum atomic E-state index is 5.87. The van der Waals surface area contributed by atoms with Crippen molar-refractivity contribution in [1.82, 2.24) is 4.98 Å². The van der Waals surface area contributed by atoms with Gasteiger partial charge in [0.05, 0.1) is 0 Å². The molecule has 1 aliphatic carbocycles. The second-order valence-electron chi connectivity index (χ2n) is 5.15. The summed E-state index contributed by atoms with van der Waals surface area (Å²) in [7, 11) is 0. The number of hydrogen-bond acceptors (Lipinski definition) is 3. The Morgan fingerprint density at radius 2 is 1.79 bits per heavy atom. The van der Waals surface area contributed by atoms with E-state index in [2.05, 4.69) is 29.2 Å². The summed E-state index contributed by atoms with van der Waals surface area (Å²) in [4.78, 5) is 4.59. The van der Waals surface area contributed by atoms with Gasteiger partial charge in [-0.2, -0.15) is 0 Å². The monoisotopic (exact) mass is 250 g/mol. The zero-order valence-corrected chi connectivity index (χ0v) is 10.5. The van der Waals surface area contributed by atoms with Gasteiger partial charge in [-0.3, -0.25) is 0 Å². The van der Waals surface area contributed by atoms with Gasteiger partial charge in [0.1, 0.15) is 5.52 Å². The van der Waals surface area contributed by atoms with Crippen molar-refractivity contribution in [2.75, 3.05) is 5.73 Å². The van der Waals surface area contributed by atoms with Crippen molar-refractivity contribution >= 4 is 16.8 Å². The van der Waals surface area contributed by atoms with Crippen LogP contribution in [0.3, 0.4) is 0 Å². The highest BCUT2D eigenvalue weighted by Gasteiger charge is 2.26. The van der Waals surface area contributed by atoms with Crippen LogP contribution in [-0.4, -0.2) is 4.98 Å². The van der Waals surface area contributed by atoms with E-state index >= 15 is 0 Å². The van der Waals surface area contributed by atoms with Crippen molar-refractivity contribution in [3.63, 3.8) is 0 Å². The van der Waals surface area contributed by atoms with Gasteiger partial charge >= 0.3 is 0 Å². The van der Waals surface area contributed by atoms with Crippen LogP contribution in [0.2, 0.25) is 0 Å². The fourth-order valence-corrected chi connectivity index (χ4v) is 2.87. The Kier molecular flexibility index (Phi) is 2.15. The summed E-state index contributed by atoms with van der Waals surface area (Å²) >= 11 is 0. The summed E-state index contributed by atoms with van der Waals surface area (Å²) in [6.07, 6.45) is 2.02. The molecule has 0 saturated heterocycles. The van der Waals surface area contributed by atoms with Crippen LogP contribution in [0.25, 0.3) is 11.1 Å². The zero-order valence-electron chi connectivity index (χ0n) is 10.5. The SMILES string of the molecule is Nc1ccc2oc(C3Cc4ccccc4C3)nc2c1. The van der Waals surface area contributed by atoms with Crippen LogP contribution in [0.15, 0.2) is 46.9 Å². The first kappa shape index (κ1) is 10.6. The van der Waals surface area contributed by atoms with E-state index in [4.69, 9.17) is 10.2 Å². The largest absolute Gasteiger partial charge is 0.440 e. The highest BCUT2D eigenvalue weighted by atomic mass is 16.3. The highest BCUT2D eigenvalue weighted by molar-refractivity contribution is 5.76. The lowest BCUT2D eigenvalue weighted by molar-refractivity contribution is 0.478. The normalized spacial score (nSPS) is 14.9. The molecule has 0 amide bonds. The molecule has 0 atom stereocenters. The van der Waals surface area contributed by atoms with E-state index < -0.39 is 0 Å². The standard InChI is InChI=1S/C16H14N2O/c17-13-5-6-15-14(9-13)18-16(19-15)12-7-10-3-1-2-4-11(10)8-12/h1-6,9,12H,7-8,17H2. The van der Waals surface area contributed by atoms with Crippen LogP contribution < -0.4 is 5.73 Å². The van der Waals surface area contributed by atoms with Crippen molar-refractivity contribution < 1.29 is 4.42 Å². The molecule has 0 radical (unpaired) electrons. The molecule has 3 heteroatoms. The molecule has 3 nitrogen and oxygen atoms in total. The number of rotatable bonds is 1. The van der Waals surface area contributed by atoms with E-state index in [-0.39, 0.29) is 0 Å². The molecule has 1 heterocycles. The van der Waals surface area contributed by atoms with Gasteiger partial charge < -0.3 is 10.2 Å². The third-order valence-corrected chi connectivity index (χ3v) is 3.83. The van der Waals surface area contributed by atoms with Crippen molar-refractivity contribution in [2.45, 2.75) is 18.8 Å². The van der Waals surface area contributed by atoms with Gasteiger partial charge in [0, 0.05) is 11.6 Å². The molecule has 19 heavy (non-hydrogen) atoms. The van der Waals surface area contributed by atoms with E-state index in [0.29, 0.717) is 5.92 Å². The van der Waals surface area contributed by atoms with Gasteiger partial charge in [0.25, 0.3) is 0 Å². The Morgan fingerprint density at radius 3 is 2.53 bits per heavy atom. The molecular formula is C16H14N2O. The molecule has 2 aromatic carbocycles. The Hall–Kier alpha value is -2.29. The Morgan fingerprint density at radius 1 is 1.05 bits per heavy atom. The van der Waals surface area contributed by atoms with Gasteiger partial charge in [0.15, 0.2) is 11.5 Å². The number of nitrogen functional groups attached to an aromatic ring is 1. The molecule has 0 saturated carbocycles. The number of anilines is 1. The van der Waals surface area contributed by atoms with Gasteiger partial charge in [-0.1, -0.05) is 24.3 Å². The minimum absolute atomic E-state index is 0.353. The van der Waals surface area contributed by atoms with Crippen LogP contribution >= 0.6 is 0 Å². The summed E-state index contributed by atoms with van der Waals surface area (Å²) in [6.45, 7) is 0. The number of aromatic nitrogens is 1. The number of nitrogens with two attached hydrogens (primary N) is 1. The molecule has 3 aromatic rings. The first-order valence-corrected chi connectivity index (χ1v) is 6.52. The average molecular weight is 250 g/mol. The second-order valence-corrected chi connectivity index (χ2v) is 5.15. The van der Waals surface area contributed by atoms with Gasteiger partial charge in [0.2, 0.25) is 0 Å². The summed E-state index contributed by atoms with van der Waals surface area (Å²) in [5.74, 6) is 1.18. The summed E-state index contributed by atoms with van der Waals surface area (Å²) < 4.78 is 5.87. The third-order valence-electron chi connectivity index (χ3n) is 3.83. The van der Waals surface area contributed by atoms with E-state index in [1.165, 1.54) is 11.1 Å². The molecular weight excluding hydrogens is 236 g/mol. The van der Waals surface area contributed by atoms with Crippen LogP contribution in [0.4, 0.5) is 5.69 Å². The molecule has 94 valence electrons. The predicted molar refractivity (Wildman–Crippen MR) is 75.0 cm³/mol. The number of hydrogen-bond donors (Lipinski definition) is 1. The van der Waals surface area contributed by atoms with Gasteiger partial charge in [-0.05, 0) is 42.2 Å². The smallest absolute Gasteiger partial charge is 0.199 e. The minimum Gasteiger partial charge on any atom is -0.440 e. The van der Waals surface area contributed by atoms with E-state index in [1.807, 2.05) is 18.2 Å². The fourth-order valence-electron chi connectivity index (χ4n) is 2.87. The van der Waals surface area contributed by atoms with Crippen molar-refractivity contribution in [3.8, 4) is 0 Å². The predicted octanol–water partition coefficient (Wildman–Crippen LogP) is 3.29. The highest BCUT2D eigenvalue weighted by Crippen LogP contribution is 2.34. The lowest BCUT2D eigenvalue weighted by Crippen LogP contribution is -1.97. The van der Waals surface area contributed by atoms with Crippen molar-refractivity contribution in [1.29, 1.82) is 0 Å². The Bertz CT molecular complexity index is 735. The van der Waals surface area contributed by atoms with Crippen LogP contribution in [0.1, 0.15) is 22.9 Å². The number of benzene rings is 2. The van der Waals surface area contributed by atoms with Gasteiger partial charge in [-0.25, -0.2) is 4.98 Å². The molecule has 0 aliphatic heterocycles. The van der Waals surface area contributed by atoms with E-state index in [1.54, 1.807) is 0 Å². The van der Waals surface area contributed by atoms with Crippen LogP contribution in [0.5, 0.6) is 0 Å². The number of oxazole rings is 1. The molecule has 1 aromatic heterocycles. The minimum atomic E-state index is 0.353. The third kappa shape index (κ3) is 1.70. The fraction of sp³-hybridized carbons (Fsp3) is 0.188. The lowest BCUT2D eigenvalue weighted by Gasteiger charge is -2.01. The van der Waals surface area contributed by atoms with Gasteiger partial charge in [-0.15, -0.1) is 0 Å². The maximum Gasteiger partial charge on any atom is 0.199 e. The quantitative estimate of drug-likeness (QED) is 0.674. The molecule has 0 unspecified atom stereocenters. The maximum absolute atomic E-state index is 5.87.